The van der Waals surface area contributed by atoms with Gasteiger partial charge in [0.25, 0.3) is 0 Å². The van der Waals surface area contributed by atoms with E-state index in [4.69, 9.17) is 19.7 Å². The molecule has 0 radical (unpaired) electrons. The number of aliphatic hydroxyl groups is 2. The Kier molecular flexibility index (Phi) is 6.11. The van der Waals surface area contributed by atoms with Gasteiger partial charge in [0, 0.05) is 0 Å². The molecule has 0 unspecified atom stereocenters. The fourth-order valence-electron chi connectivity index (χ4n) is 1.60. The molecule has 0 heterocycles. The Hall–Kier alpha value is -1.79. The number of aliphatic hydroxyl groups excluding tert-OH is 2. The lowest BCUT2D eigenvalue weighted by atomic mass is 10.1. The van der Waals surface area contributed by atoms with E-state index >= 15 is 0 Å². The molecule has 0 aromatic heterocycles. The van der Waals surface area contributed by atoms with Crippen LogP contribution in [0.15, 0.2) is 18.2 Å². The summed E-state index contributed by atoms with van der Waals surface area (Å²) in [5.41, 5.74) is 0.754. The third-order valence-corrected chi connectivity index (χ3v) is 2.62. The monoisotopic (exact) mass is 269 g/mol. The molecule has 0 aliphatic carbocycles. The van der Waals surface area contributed by atoms with Gasteiger partial charge in [-0.05, 0) is 17.7 Å². The predicted octanol–water partition coefficient (Wildman–Crippen LogP) is -0.284. The van der Waals surface area contributed by atoms with Crippen molar-refractivity contribution >= 4 is 5.91 Å². The molecule has 1 aromatic carbocycles. The first-order valence-corrected chi connectivity index (χ1v) is 5.86. The van der Waals surface area contributed by atoms with E-state index in [0.29, 0.717) is 11.5 Å². The van der Waals surface area contributed by atoms with Gasteiger partial charge in [-0.3, -0.25) is 4.79 Å². The Balaban J connectivity index is 2.69. The van der Waals surface area contributed by atoms with Gasteiger partial charge in [-0.15, -0.1) is 0 Å². The molecular formula is C13H19NO5. The zero-order chi connectivity index (χ0) is 14.3. The van der Waals surface area contributed by atoms with Crippen molar-refractivity contribution in [3.05, 3.63) is 23.8 Å². The average Bonchev–Trinajstić information content (AvgIpc) is 2.44. The first-order chi connectivity index (χ1) is 9.14. The third kappa shape index (κ3) is 4.42. The van der Waals surface area contributed by atoms with Gasteiger partial charge < -0.3 is 25.0 Å². The smallest absolute Gasteiger partial charge is 0.224 e. The summed E-state index contributed by atoms with van der Waals surface area (Å²) in [6.07, 6.45) is 0.136. The molecular weight excluding hydrogens is 250 g/mol. The number of carbonyl (C=O) groups excluding carboxylic acids is 1. The van der Waals surface area contributed by atoms with Crippen molar-refractivity contribution in [2.24, 2.45) is 0 Å². The van der Waals surface area contributed by atoms with Gasteiger partial charge in [0.1, 0.15) is 0 Å². The molecule has 3 N–H and O–H groups in total. The highest BCUT2D eigenvalue weighted by Gasteiger charge is 2.12. The molecule has 0 atom stereocenters. The molecule has 6 heteroatoms. The summed E-state index contributed by atoms with van der Waals surface area (Å²) in [5.74, 6) is 0.865. The molecule has 0 bridgehead atoms. The lowest BCUT2D eigenvalue weighted by Crippen LogP contribution is -2.40. The van der Waals surface area contributed by atoms with E-state index in [1.165, 1.54) is 14.2 Å². The first kappa shape index (κ1) is 15.3. The van der Waals surface area contributed by atoms with Gasteiger partial charge >= 0.3 is 0 Å². The number of methoxy groups -OCH3 is 2. The number of rotatable bonds is 7. The number of benzene rings is 1. The molecule has 0 saturated carbocycles. The lowest BCUT2D eigenvalue weighted by molar-refractivity contribution is -0.121. The molecule has 1 rings (SSSR count). The minimum absolute atomic E-state index is 0.136. The van der Waals surface area contributed by atoms with Crippen LogP contribution in [0.5, 0.6) is 11.5 Å². The van der Waals surface area contributed by atoms with Crippen molar-refractivity contribution in [3.8, 4) is 11.5 Å². The van der Waals surface area contributed by atoms with E-state index in [1.807, 2.05) is 0 Å². The number of ether oxygens (including phenoxy) is 2. The molecule has 1 aromatic rings. The second-order valence-electron chi connectivity index (χ2n) is 4.00. The van der Waals surface area contributed by atoms with Gasteiger partial charge in [0.05, 0.1) is 39.9 Å². The molecule has 0 fully saturated rings. The summed E-state index contributed by atoms with van der Waals surface area (Å²) >= 11 is 0. The van der Waals surface area contributed by atoms with Crippen LogP contribution in [-0.4, -0.2) is 49.6 Å². The zero-order valence-electron chi connectivity index (χ0n) is 11.0. The Morgan fingerprint density at radius 3 is 2.37 bits per heavy atom. The molecule has 0 spiro atoms. The Morgan fingerprint density at radius 1 is 1.21 bits per heavy atom. The van der Waals surface area contributed by atoms with Crippen LogP contribution in [-0.2, 0) is 11.2 Å². The maximum Gasteiger partial charge on any atom is 0.224 e. The third-order valence-electron chi connectivity index (χ3n) is 2.62. The average molecular weight is 269 g/mol. The minimum Gasteiger partial charge on any atom is -0.493 e. The predicted molar refractivity (Wildman–Crippen MR) is 69.4 cm³/mol. The van der Waals surface area contributed by atoms with Gasteiger partial charge in [-0.2, -0.15) is 0 Å². The number of hydrogen-bond acceptors (Lipinski definition) is 5. The van der Waals surface area contributed by atoms with Crippen LogP contribution >= 0.6 is 0 Å². The van der Waals surface area contributed by atoms with Crippen molar-refractivity contribution in [2.75, 3.05) is 27.4 Å². The van der Waals surface area contributed by atoms with Crippen molar-refractivity contribution in [2.45, 2.75) is 12.5 Å². The van der Waals surface area contributed by atoms with Crippen molar-refractivity contribution in [1.29, 1.82) is 0 Å². The quantitative estimate of drug-likeness (QED) is 0.633. The second-order valence-corrected chi connectivity index (χ2v) is 4.00. The minimum atomic E-state index is -0.632. The van der Waals surface area contributed by atoms with E-state index < -0.39 is 6.04 Å². The Labute approximate surface area is 112 Å². The van der Waals surface area contributed by atoms with E-state index in [1.54, 1.807) is 18.2 Å². The summed E-state index contributed by atoms with van der Waals surface area (Å²) < 4.78 is 10.2. The largest absolute Gasteiger partial charge is 0.493 e. The molecule has 0 aliphatic rings. The fraction of sp³-hybridized carbons (Fsp3) is 0.462. The van der Waals surface area contributed by atoms with Gasteiger partial charge in [-0.25, -0.2) is 0 Å². The topological polar surface area (TPSA) is 88.0 Å². The van der Waals surface area contributed by atoms with Crippen LogP contribution in [0.3, 0.4) is 0 Å². The van der Waals surface area contributed by atoms with E-state index in [2.05, 4.69) is 5.32 Å². The summed E-state index contributed by atoms with van der Waals surface area (Å²) in [6.45, 7) is -0.595. The molecule has 19 heavy (non-hydrogen) atoms. The lowest BCUT2D eigenvalue weighted by Gasteiger charge is -2.14. The SMILES string of the molecule is COc1ccc(CC(=O)NC(CO)CO)cc1OC. The van der Waals surface area contributed by atoms with E-state index in [-0.39, 0.29) is 25.5 Å². The molecule has 106 valence electrons. The van der Waals surface area contributed by atoms with E-state index in [0.717, 1.165) is 5.56 Å². The summed E-state index contributed by atoms with van der Waals surface area (Å²) in [7, 11) is 3.06. The van der Waals surface area contributed by atoms with Crippen LogP contribution in [0.2, 0.25) is 0 Å². The summed E-state index contributed by atoms with van der Waals surface area (Å²) in [4.78, 5) is 11.7. The molecule has 0 saturated heterocycles. The number of nitrogens with one attached hydrogen (secondary N) is 1. The molecule has 0 aliphatic heterocycles. The van der Waals surface area contributed by atoms with Crippen molar-refractivity contribution < 1.29 is 24.5 Å². The fourth-order valence-corrected chi connectivity index (χ4v) is 1.60. The number of carbonyl (C=O) groups is 1. The van der Waals surface area contributed by atoms with Crippen LogP contribution < -0.4 is 14.8 Å². The molecule has 6 nitrogen and oxygen atoms in total. The summed E-state index contributed by atoms with van der Waals surface area (Å²) in [6, 6.07) is 4.56. The normalized spacial score (nSPS) is 10.4. The highest BCUT2D eigenvalue weighted by Crippen LogP contribution is 2.27. The number of amides is 1. The van der Waals surface area contributed by atoms with Crippen molar-refractivity contribution in [3.63, 3.8) is 0 Å². The van der Waals surface area contributed by atoms with Crippen molar-refractivity contribution in [1.82, 2.24) is 5.32 Å². The Morgan fingerprint density at radius 2 is 1.84 bits per heavy atom. The first-order valence-electron chi connectivity index (χ1n) is 5.86. The van der Waals surface area contributed by atoms with Gasteiger partial charge in [0.15, 0.2) is 11.5 Å². The zero-order valence-corrected chi connectivity index (χ0v) is 11.0. The highest BCUT2D eigenvalue weighted by atomic mass is 16.5. The van der Waals surface area contributed by atoms with Crippen LogP contribution in [0.25, 0.3) is 0 Å². The summed E-state index contributed by atoms with van der Waals surface area (Å²) in [5, 5.41) is 20.3. The number of hydrogen-bond donors (Lipinski definition) is 3. The molecule has 1 amide bonds. The van der Waals surface area contributed by atoms with Gasteiger partial charge in [0.2, 0.25) is 5.91 Å². The highest BCUT2D eigenvalue weighted by molar-refractivity contribution is 5.79. The van der Waals surface area contributed by atoms with E-state index in [9.17, 15) is 4.79 Å². The maximum atomic E-state index is 11.7. The van der Waals surface area contributed by atoms with Crippen LogP contribution in [0.1, 0.15) is 5.56 Å². The Bertz CT molecular complexity index is 417. The standard InChI is InChI=1S/C13H19NO5/c1-18-11-4-3-9(5-12(11)19-2)6-13(17)14-10(7-15)8-16/h3-5,10,15-16H,6-8H2,1-2H3,(H,14,17). The van der Waals surface area contributed by atoms with Crippen LogP contribution in [0, 0.1) is 0 Å². The van der Waals surface area contributed by atoms with Gasteiger partial charge in [-0.1, -0.05) is 6.07 Å². The second kappa shape index (κ2) is 7.60. The maximum absolute atomic E-state index is 11.7. The van der Waals surface area contributed by atoms with Crippen LogP contribution in [0.4, 0.5) is 0 Å².